The SMILES string of the molecule is CCc1cn[nH]c1NS(=O)(=O)CCOC(C)C. The third kappa shape index (κ3) is 4.74. The van der Waals surface area contributed by atoms with E-state index in [0.29, 0.717) is 5.82 Å². The van der Waals surface area contributed by atoms with E-state index in [1.165, 1.54) is 0 Å². The first-order valence-corrected chi connectivity index (χ1v) is 7.24. The topological polar surface area (TPSA) is 84.1 Å². The monoisotopic (exact) mass is 261 g/mol. The predicted octanol–water partition coefficient (Wildman–Crippen LogP) is 1.14. The number of hydrogen-bond donors (Lipinski definition) is 2. The molecule has 0 saturated carbocycles. The molecule has 0 radical (unpaired) electrons. The summed E-state index contributed by atoms with van der Waals surface area (Å²) in [5.74, 6) is 0.380. The van der Waals surface area contributed by atoms with Crippen LogP contribution in [0.2, 0.25) is 0 Å². The maximum absolute atomic E-state index is 11.7. The van der Waals surface area contributed by atoms with Crippen LogP contribution in [0.1, 0.15) is 26.3 Å². The highest BCUT2D eigenvalue weighted by Gasteiger charge is 2.14. The van der Waals surface area contributed by atoms with Crippen molar-refractivity contribution in [2.24, 2.45) is 0 Å². The molecule has 7 heteroatoms. The molecule has 6 nitrogen and oxygen atoms in total. The van der Waals surface area contributed by atoms with Crippen LogP contribution >= 0.6 is 0 Å². The molecular formula is C10H19N3O3S. The molecular weight excluding hydrogens is 242 g/mol. The number of aromatic amines is 1. The number of sulfonamides is 1. The molecule has 0 aliphatic rings. The quantitative estimate of drug-likeness (QED) is 0.771. The minimum Gasteiger partial charge on any atom is -0.378 e. The van der Waals surface area contributed by atoms with E-state index in [-0.39, 0.29) is 18.5 Å². The molecule has 1 aromatic heterocycles. The third-order valence-electron chi connectivity index (χ3n) is 2.16. The van der Waals surface area contributed by atoms with E-state index in [0.717, 1.165) is 12.0 Å². The van der Waals surface area contributed by atoms with Gasteiger partial charge in [-0.2, -0.15) is 5.10 Å². The van der Waals surface area contributed by atoms with Crippen LogP contribution in [0.5, 0.6) is 0 Å². The smallest absolute Gasteiger partial charge is 0.236 e. The molecule has 1 aromatic rings. The Bertz CT molecular complexity index is 439. The highest BCUT2D eigenvalue weighted by Crippen LogP contribution is 2.13. The first kappa shape index (κ1) is 14.0. The molecule has 0 aliphatic carbocycles. The average molecular weight is 261 g/mol. The van der Waals surface area contributed by atoms with Crippen LogP contribution in [-0.4, -0.2) is 37.1 Å². The van der Waals surface area contributed by atoms with Gasteiger partial charge in [-0.1, -0.05) is 6.92 Å². The zero-order valence-corrected chi connectivity index (χ0v) is 11.2. The molecule has 0 bridgehead atoms. The standard InChI is InChI=1S/C10H19N3O3S/c1-4-9-7-11-12-10(9)13-17(14,15)6-5-16-8(2)3/h7-8H,4-6H2,1-3H3,(H2,11,12,13). The van der Waals surface area contributed by atoms with Crippen molar-refractivity contribution in [3.05, 3.63) is 11.8 Å². The number of aromatic nitrogens is 2. The van der Waals surface area contributed by atoms with Crippen molar-refractivity contribution < 1.29 is 13.2 Å². The van der Waals surface area contributed by atoms with Crippen LogP contribution in [0.4, 0.5) is 5.82 Å². The van der Waals surface area contributed by atoms with Crippen molar-refractivity contribution in [3.63, 3.8) is 0 Å². The van der Waals surface area contributed by atoms with Crippen LogP contribution in [0, 0.1) is 0 Å². The highest BCUT2D eigenvalue weighted by molar-refractivity contribution is 7.92. The molecule has 0 atom stereocenters. The van der Waals surface area contributed by atoms with E-state index in [1.54, 1.807) is 6.20 Å². The van der Waals surface area contributed by atoms with E-state index < -0.39 is 10.0 Å². The van der Waals surface area contributed by atoms with Gasteiger partial charge < -0.3 is 4.74 Å². The second kappa shape index (κ2) is 6.02. The largest absolute Gasteiger partial charge is 0.378 e. The fraction of sp³-hybridized carbons (Fsp3) is 0.700. The minimum atomic E-state index is -3.38. The number of nitrogens with zero attached hydrogens (tertiary/aromatic N) is 1. The summed E-state index contributed by atoms with van der Waals surface area (Å²) in [7, 11) is -3.38. The minimum absolute atomic E-state index is 0.0311. The summed E-state index contributed by atoms with van der Waals surface area (Å²) >= 11 is 0. The van der Waals surface area contributed by atoms with E-state index in [2.05, 4.69) is 14.9 Å². The number of hydrogen-bond acceptors (Lipinski definition) is 4. The Hall–Kier alpha value is -1.08. The fourth-order valence-electron chi connectivity index (χ4n) is 1.27. The van der Waals surface area contributed by atoms with Crippen molar-refractivity contribution >= 4 is 15.8 Å². The molecule has 0 amide bonds. The second-order valence-electron chi connectivity index (χ2n) is 3.96. The highest BCUT2D eigenvalue weighted by atomic mass is 32.2. The Morgan fingerprint density at radius 2 is 2.24 bits per heavy atom. The van der Waals surface area contributed by atoms with Crippen molar-refractivity contribution in [2.75, 3.05) is 17.1 Å². The Balaban J connectivity index is 2.55. The Morgan fingerprint density at radius 3 is 2.82 bits per heavy atom. The molecule has 1 heterocycles. The lowest BCUT2D eigenvalue weighted by molar-refractivity contribution is 0.0913. The lowest BCUT2D eigenvalue weighted by Gasteiger charge is -2.09. The molecule has 1 rings (SSSR count). The normalized spacial score (nSPS) is 12.0. The molecule has 0 spiro atoms. The summed E-state index contributed by atoms with van der Waals surface area (Å²) in [5, 5.41) is 6.43. The maximum atomic E-state index is 11.7. The number of H-pyrrole nitrogens is 1. The molecule has 2 N–H and O–H groups in total. The van der Waals surface area contributed by atoms with Gasteiger partial charge in [-0.05, 0) is 20.3 Å². The molecule has 98 valence electrons. The summed E-state index contributed by atoms with van der Waals surface area (Å²) in [6.45, 7) is 5.85. The third-order valence-corrected chi connectivity index (χ3v) is 3.38. The molecule has 17 heavy (non-hydrogen) atoms. The zero-order chi connectivity index (χ0) is 12.9. The van der Waals surface area contributed by atoms with Crippen LogP contribution in [0.25, 0.3) is 0 Å². The van der Waals surface area contributed by atoms with Crippen molar-refractivity contribution in [1.29, 1.82) is 0 Å². The van der Waals surface area contributed by atoms with Gasteiger partial charge in [0.05, 0.1) is 24.7 Å². The number of anilines is 1. The first-order chi connectivity index (χ1) is 7.94. The Morgan fingerprint density at radius 1 is 1.53 bits per heavy atom. The van der Waals surface area contributed by atoms with Gasteiger partial charge in [-0.25, -0.2) is 8.42 Å². The summed E-state index contributed by atoms with van der Waals surface area (Å²) < 4.78 is 31.1. The number of rotatable bonds is 7. The molecule has 0 saturated heterocycles. The molecule has 0 unspecified atom stereocenters. The summed E-state index contributed by atoms with van der Waals surface area (Å²) in [6, 6.07) is 0. The van der Waals surface area contributed by atoms with Gasteiger partial charge in [-0.15, -0.1) is 0 Å². The second-order valence-corrected chi connectivity index (χ2v) is 5.81. The summed E-state index contributed by atoms with van der Waals surface area (Å²) in [5.41, 5.74) is 0.846. The van der Waals surface area contributed by atoms with Crippen LogP contribution in [0.15, 0.2) is 6.20 Å². The van der Waals surface area contributed by atoms with Gasteiger partial charge in [0.2, 0.25) is 10.0 Å². The first-order valence-electron chi connectivity index (χ1n) is 5.59. The molecule has 0 aliphatic heterocycles. The Labute approximate surface area is 102 Å². The van der Waals surface area contributed by atoms with Gasteiger partial charge >= 0.3 is 0 Å². The summed E-state index contributed by atoms with van der Waals surface area (Å²) in [4.78, 5) is 0. The van der Waals surface area contributed by atoms with Crippen LogP contribution in [0.3, 0.4) is 0 Å². The van der Waals surface area contributed by atoms with Crippen molar-refractivity contribution in [2.45, 2.75) is 33.3 Å². The van der Waals surface area contributed by atoms with Crippen molar-refractivity contribution in [3.8, 4) is 0 Å². The van der Waals surface area contributed by atoms with E-state index in [1.807, 2.05) is 20.8 Å². The van der Waals surface area contributed by atoms with Gasteiger partial charge in [0.1, 0.15) is 5.82 Å². The maximum Gasteiger partial charge on any atom is 0.236 e. The van der Waals surface area contributed by atoms with E-state index in [9.17, 15) is 8.42 Å². The van der Waals surface area contributed by atoms with E-state index in [4.69, 9.17) is 4.74 Å². The lowest BCUT2D eigenvalue weighted by Crippen LogP contribution is -2.22. The van der Waals surface area contributed by atoms with Crippen LogP contribution < -0.4 is 4.72 Å². The van der Waals surface area contributed by atoms with Crippen LogP contribution in [-0.2, 0) is 21.2 Å². The van der Waals surface area contributed by atoms with Gasteiger partial charge in [0.25, 0.3) is 0 Å². The Kier molecular flexibility index (Phi) is 4.95. The number of ether oxygens (including phenoxy) is 1. The lowest BCUT2D eigenvalue weighted by atomic mass is 10.3. The van der Waals surface area contributed by atoms with Gasteiger partial charge in [0, 0.05) is 5.56 Å². The number of nitrogens with one attached hydrogen (secondary N) is 2. The fourth-order valence-corrected chi connectivity index (χ4v) is 2.17. The summed E-state index contributed by atoms with van der Waals surface area (Å²) in [6.07, 6.45) is 2.36. The predicted molar refractivity (Wildman–Crippen MR) is 66.5 cm³/mol. The van der Waals surface area contributed by atoms with Gasteiger partial charge in [0.15, 0.2) is 0 Å². The zero-order valence-electron chi connectivity index (χ0n) is 10.4. The van der Waals surface area contributed by atoms with E-state index >= 15 is 0 Å². The number of aryl methyl sites for hydroxylation is 1. The molecule has 0 aromatic carbocycles. The van der Waals surface area contributed by atoms with Crippen molar-refractivity contribution in [1.82, 2.24) is 10.2 Å². The average Bonchev–Trinajstić information content (AvgIpc) is 2.63. The van der Waals surface area contributed by atoms with Gasteiger partial charge in [-0.3, -0.25) is 9.82 Å². The molecule has 0 fully saturated rings.